The highest BCUT2D eigenvalue weighted by atomic mass is 16.5. The molecule has 0 aliphatic heterocycles. The molecule has 0 aliphatic carbocycles. The minimum absolute atomic E-state index is 0.326. The van der Waals surface area contributed by atoms with E-state index in [4.69, 9.17) is 9.47 Å². The van der Waals surface area contributed by atoms with Crippen LogP contribution in [0.25, 0.3) is 10.9 Å². The zero-order valence-electron chi connectivity index (χ0n) is 13.9. The van der Waals surface area contributed by atoms with E-state index in [1.54, 1.807) is 7.11 Å². The Bertz CT molecular complexity index is 707. The third-order valence-corrected chi connectivity index (χ3v) is 3.83. The van der Waals surface area contributed by atoms with Crippen LogP contribution in [0, 0.1) is 13.8 Å². The van der Waals surface area contributed by atoms with Gasteiger partial charge < -0.3 is 9.47 Å². The number of aromatic nitrogens is 1. The lowest BCUT2D eigenvalue weighted by molar-refractivity contribution is -0.131. The van der Waals surface area contributed by atoms with Crippen molar-refractivity contribution in [2.75, 3.05) is 7.11 Å². The first-order valence-electron chi connectivity index (χ1n) is 7.64. The molecule has 22 heavy (non-hydrogen) atoms. The average Bonchev–Trinajstić information content (AvgIpc) is 2.49. The first-order chi connectivity index (χ1) is 10.5. The third kappa shape index (κ3) is 3.21. The smallest absolute Gasteiger partial charge is 0.308 e. The van der Waals surface area contributed by atoms with E-state index in [9.17, 15) is 4.79 Å². The van der Waals surface area contributed by atoms with E-state index in [1.807, 2.05) is 19.9 Å². The number of ether oxygens (including phenoxy) is 2. The summed E-state index contributed by atoms with van der Waals surface area (Å²) in [6.07, 6.45) is 3.20. The number of carbonyl (C=O) groups is 1. The van der Waals surface area contributed by atoms with Crippen LogP contribution in [0.3, 0.4) is 0 Å². The summed E-state index contributed by atoms with van der Waals surface area (Å²) >= 11 is 0. The number of benzene rings is 1. The molecule has 0 spiro atoms. The monoisotopic (exact) mass is 301 g/mol. The number of methoxy groups -OCH3 is 1. The van der Waals surface area contributed by atoms with Gasteiger partial charge in [-0.1, -0.05) is 13.3 Å². The largest absolute Gasteiger partial charge is 0.494 e. The van der Waals surface area contributed by atoms with Crippen LogP contribution in [-0.2, 0) is 11.2 Å². The Morgan fingerprint density at radius 1 is 1.27 bits per heavy atom. The molecule has 0 aliphatic rings. The Balaban J connectivity index is 2.72. The molecular weight excluding hydrogens is 278 g/mol. The number of fused-ring (bicyclic) bond motifs is 1. The molecule has 1 aromatic carbocycles. The summed E-state index contributed by atoms with van der Waals surface area (Å²) in [6.45, 7) is 7.41. The van der Waals surface area contributed by atoms with Crippen molar-refractivity contribution in [1.82, 2.24) is 4.98 Å². The summed E-state index contributed by atoms with van der Waals surface area (Å²) in [6, 6.07) is 4.09. The van der Waals surface area contributed by atoms with Gasteiger partial charge >= 0.3 is 5.97 Å². The molecule has 1 aromatic heterocycles. The van der Waals surface area contributed by atoms with Gasteiger partial charge in [0.1, 0.15) is 17.0 Å². The normalized spacial score (nSPS) is 10.8. The average molecular weight is 301 g/mol. The van der Waals surface area contributed by atoms with Crippen LogP contribution in [0.1, 0.15) is 43.5 Å². The van der Waals surface area contributed by atoms with E-state index < -0.39 is 0 Å². The van der Waals surface area contributed by atoms with Crippen LogP contribution < -0.4 is 9.47 Å². The highest BCUT2D eigenvalue weighted by Gasteiger charge is 2.16. The maximum atomic E-state index is 11.5. The lowest BCUT2D eigenvalue weighted by atomic mass is 10.0. The number of nitrogens with zero attached hydrogens (tertiary/aromatic N) is 1. The second kappa shape index (κ2) is 6.77. The van der Waals surface area contributed by atoms with Gasteiger partial charge in [0.2, 0.25) is 0 Å². The van der Waals surface area contributed by atoms with Crippen molar-refractivity contribution in [3.63, 3.8) is 0 Å². The van der Waals surface area contributed by atoms with E-state index in [0.29, 0.717) is 5.75 Å². The Kier molecular flexibility index (Phi) is 5.01. The van der Waals surface area contributed by atoms with Crippen LogP contribution in [0.4, 0.5) is 0 Å². The van der Waals surface area contributed by atoms with Crippen molar-refractivity contribution in [2.45, 2.75) is 47.0 Å². The molecule has 4 nitrogen and oxygen atoms in total. The molecule has 0 amide bonds. The standard InChI is InChI=1S/C18H23NO3/c1-6-7-8-14-9-15-17(16(10-14)21-5)19-12(3)11(2)18(15)22-13(4)20/h9-10H,6-8H2,1-5H3. The lowest BCUT2D eigenvalue weighted by Crippen LogP contribution is -2.06. The van der Waals surface area contributed by atoms with E-state index >= 15 is 0 Å². The molecule has 0 saturated carbocycles. The number of esters is 1. The number of unbranched alkanes of at least 4 members (excludes halogenated alkanes) is 1. The van der Waals surface area contributed by atoms with Crippen molar-refractivity contribution in [3.05, 3.63) is 29.0 Å². The second-order valence-corrected chi connectivity index (χ2v) is 5.54. The SMILES string of the molecule is CCCCc1cc(OC)c2nc(C)c(C)c(OC(C)=O)c2c1. The van der Waals surface area contributed by atoms with Gasteiger partial charge in [0, 0.05) is 23.6 Å². The number of hydrogen-bond donors (Lipinski definition) is 0. The highest BCUT2D eigenvalue weighted by molar-refractivity contribution is 5.93. The molecule has 0 saturated heterocycles. The molecule has 0 radical (unpaired) electrons. The van der Waals surface area contributed by atoms with Crippen molar-refractivity contribution < 1.29 is 14.3 Å². The van der Waals surface area contributed by atoms with Crippen LogP contribution in [0.5, 0.6) is 11.5 Å². The van der Waals surface area contributed by atoms with Crippen LogP contribution in [-0.4, -0.2) is 18.1 Å². The van der Waals surface area contributed by atoms with E-state index in [1.165, 1.54) is 12.5 Å². The molecule has 0 bridgehead atoms. The zero-order chi connectivity index (χ0) is 16.3. The summed E-state index contributed by atoms with van der Waals surface area (Å²) in [5.41, 5.74) is 3.63. The summed E-state index contributed by atoms with van der Waals surface area (Å²) in [4.78, 5) is 16.1. The Labute approximate surface area is 131 Å². The maximum Gasteiger partial charge on any atom is 0.308 e. The summed E-state index contributed by atoms with van der Waals surface area (Å²) < 4.78 is 11.0. The Hall–Kier alpha value is -2.10. The number of hydrogen-bond acceptors (Lipinski definition) is 4. The minimum Gasteiger partial charge on any atom is -0.494 e. The number of rotatable bonds is 5. The van der Waals surface area contributed by atoms with Gasteiger partial charge in [0.15, 0.2) is 0 Å². The quantitative estimate of drug-likeness (QED) is 0.779. The topological polar surface area (TPSA) is 48.4 Å². The molecule has 1 heterocycles. The molecule has 0 unspecified atom stereocenters. The van der Waals surface area contributed by atoms with Crippen molar-refractivity contribution in [1.29, 1.82) is 0 Å². The Morgan fingerprint density at radius 2 is 2.00 bits per heavy atom. The van der Waals surface area contributed by atoms with Crippen LogP contribution in [0.15, 0.2) is 12.1 Å². The predicted molar refractivity (Wildman–Crippen MR) is 87.7 cm³/mol. The summed E-state index contributed by atoms with van der Waals surface area (Å²) in [7, 11) is 1.64. The van der Waals surface area contributed by atoms with Gasteiger partial charge in [-0.2, -0.15) is 0 Å². The highest BCUT2D eigenvalue weighted by Crippen LogP contribution is 2.36. The molecule has 2 aromatic rings. The third-order valence-electron chi connectivity index (χ3n) is 3.83. The minimum atomic E-state index is -0.326. The van der Waals surface area contributed by atoms with Gasteiger partial charge in [-0.25, -0.2) is 4.98 Å². The summed E-state index contributed by atoms with van der Waals surface area (Å²) in [5.74, 6) is 0.986. The molecule has 0 fully saturated rings. The number of carbonyl (C=O) groups excluding carboxylic acids is 1. The first kappa shape index (κ1) is 16.3. The second-order valence-electron chi connectivity index (χ2n) is 5.54. The molecule has 118 valence electrons. The molecule has 0 atom stereocenters. The van der Waals surface area contributed by atoms with E-state index in [-0.39, 0.29) is 5.97 Å². The van der Waals surface area contributed by atoms with Gasteiger partial charge in [-0.05, 0) is 44.4 Å². The molecule has 2 rings (SSSR count). The van der Waals surface area contributed by atoms with Gasteiger partial charge in [0.05, 0.1) is 7.11 Å². The van der Waals surface area contributed by atoms with Crippen molar-refractivity contribution in [2.24, 2.45) is 0 Å². The van der Waals surface area contributed by atoms with Gasteiger partial charge in [-0.3, -0.25) is 4.79 Å². The lowest BCUT2D eigenvalue weighted by Gasteiger charge is -2.15. The first-order valence-corrected chi connectivity index (χ1v) is 7.64. The van der Waals surface area contributed by atoms with Crippen molar-refractivity contribution in [3.8, 4) is 11.5 Å². The predicted octanol–water partition coefficient (Wildman–Crippen LogP) is 4.13. The molecular formula is C18H23NO3. The fourth-order valence-corrected chi connectivity index (χ4v) is 2.53. The number of pyridine rings is 1. The number of aryl methyl sites for hydroxylation is 2. The van der Waals surface area contributed by atoms with Gasteiger partial charge in [0.25, 0.3) is 0 Å². The van der Waals surface area contributed by atoms with E-state index in [0.717, 1.165) is 47.2 Å². The van der Waals surface area contributed by atoms with Crippen LogP contribution >= 0.6 is 0 Å². The fourth-order valence-electron chi connectivity index (χ4n) is 2.53. The maximum absolute atomic E-state index is 11.5. The van der Waals surface area contributed by atoms with Crippen LogP contribution in [0.2, 0.25) is 0 Å². The van der Waals surface area contributed by atoms with Gasteiger partial charge in [-0.15, -0.1) is 0 Å². The van der Waals surface area contributed by atoms with E-state index in [2.05, 4.69) is 18.0 Å². The molecule has 0 N–H and O–H groups in total. The zero-order valence-corrected chi connectivity index (χ0v) is 13.9. The Morgan fingerprint density at radius 3 is 2.59 bits per heavy atom. The molecule has 4 heteroatoms. The van der Waals surface area contributed by atoms with Crippen molar-refractivity contribution >= 4 is 16.9 Å². The summed E-state index contributed by atoms with van der Waals surface area (Å²) in [5, 5.41) is 0.837. The fraction of sp³-hybridized carbons (Fsp3) is 0.444.